The van der Waals surface area contributed by atoms with E-state index in [0.29, 0.717) is 42.5 Å². The summed E-state index contributed by atoms with van der Waals surface area (Å²) in [4.78, 5) is 63.6. The number of carboxylic acids is 1. The summed E-state index contributed by atoms with van der Waals surface area (Å²) in [6.45, 7) is 0.0161. The average Bonchev–Trinajstić information content (AvgIpc) is 2.83. The fraction of sp³-hybridized carbons (Fsp3) is 0.522. The molecule has 1 fully saturated rings. The Kier molecular flexibility index (Phi) is 8.91. The van der Waals surface area contributed by atoms with E-state index in [1.807, 2.05) is 6.26 Å². The number of carbonyl (C=O) groups is 3. The van der Waals surface area contributed by atoms with Crippen molar-refractivity contribution in [2.75, 3.05) is 18.6 Å². The van der Waals surface area contributed by atoms with Crippen LogP contribution in [0.15, 0.2) is 33.9 Å². The summed E-state index contributed by atoms with van der Waals surface area (Å²) in [5.74, 6) is -1.10. The van der Waals surface area contributed by atoms with Crippen molar-refractivity contribution >= 4 is 40.4 Å². The number of carboxylic acid groups (broad SMARTS) is 1. The number of nitrogens with one attached hydrogen (secondary N) is 3. The lowest BCUT2D eigenvalue weighted by Crippen LogP contribution is -2.45. The summed E-state index contributed by atoms with van der Waals surface area (Å²) in [6, 6.07) is 5.75. The van der Waals surface area contributed by atoms with E-state index in [2.05, 4.69) is 15.6 Å². The minimum absolute atomic E-state index is 0.173. The maximum absolute atomic E-state index is 12.6. The number of amides is 2. The Bertz CT molecular complexity index is 1150. The quantitative estimate of drug-likeness (QED) is 0.387. The summed E-state index contributed by atoms with van der Waals surface area (Å²) >= 11 is 1.53. The highest BCUT2D eigenvalue weighted by Crippen LogP contribution is 2.28. The summed E-state index contributed by atoms with van der Waals surface area (Å²) in [5.41, 5.74) is -0.727. The van der Waals surface area contributed by atoms with E-state index >= 15 is 0 Å². The summed E-state index contributed by atoms with van der Waals surface area (Å²) in [5, 5.41) is 15.1. The summed E-state index contributed by atoms with van der Waals surface area (Å²) in [7, 11) is 0. The average molecular weight is 491 g/mol. The van der Waals surface area contributed by atoms with Gasteiger partial charge in [-0.1, -0.05) is 12.1 Å². The van der Waals surface area contributed by atoms with Gasteiger partial charge in [0, 0.05) is 12.5 Å². The molecule has 11 heteroatoms. The largest absolute Gasteiger partial charge is 0.480 e. The van der Waals surface area contributed by atoms with E-state index in [9.17, 15) is 29.1 Å². The first-order chi connectivity index (χ1) is 16.3. The number of rotatable bonds is 10. The van der Waals surface area contributed by atoms with Crippen LogP contribution in [0.2, 0.25) is 0 Å². The molecule has 0 saturated heterocycles. The molecule has 34 heavy (non-hydrogen) atoms. The number of hydrogen-bond donors (Lipinski definition) is 4. The van der Waals surface area contributed by atoms with Crippen molar-refractivity contribution in [3.8, 4) is 0 Å². The van der Waals surface area contributed by atoms with Crippen molar-refractivity contribution in [2.24, 2.45) is 11.8 Å². The molecule has 1 heterocycles. The topological polar surface area (TPSA) is 150 Å². The fourth-order valence-electron chi connectivity index (χ4n) is 4.21. The highest BCUT2D eigenvalue weighted by molar-refractivity contribution is 7.98. The predicted molar refractivity (Wildman–Crippen MR) is 130 cm³/mol. The third-order valence-electron chi connectivity index (χ3n) is 6.22. The van der Waals surface area contributed by atoms with E-state index in [0.717, 1.165) is 17.4 Å². The number of thioether (sulfide) groups is 1. The van der Waals surface area contributed by atoms with Crippen molar-refractivity contribution in [3.63, 3.8) is 0 Å². The molecular weight excluding hydrogens is 460 g/mol. The van der Waals surface area contributed by atoms with Gasteiger partial charge in [0.2, 0.25) is 11.8 Å². The molecular formula is C23H30N4O6S. The van der Waals surface area contributed by atoms with Crippen LogP contribution in [-0.2, 0) is 20.9 Å². The van der Waals surface area contributed by atoms with Gasteiger partial charge in [0.15, 0.2) is 0 Å². The molecule has 1 atom stereocenters. The number of benzene rings is 1. The summed E-state index contributed by atoms with van der Waals surface area (Å²) < 4.78 is 0.884. The van der Waals surface area contributed by atoms with Crippen molar-refractivity contribution in [2.45, 2.75) is 44.7 Å². The Morgan fingerprint density at radius 1 is 1.18 bits per heavy atom. The van der Waals surface area contributed by atoms with Crippen LogP contribution in [0.5, 0.6) is 0 Å². The maximum atomic E-state index is 12.6. The van der Waals surface area contributed by atoms with E-state index < -0.39 is 29.2 Å². The van der Waals surface area contributed by atoms with Gasteiger partial charge >= 0.3 is 11.7 Å². The molecule has 184 valence electrons. The number of aromatic amines is 1. The Labute approximate surface area is 200 Å². The van der Waals surface area contributed by atoms with E-state index in [1.165, 1.54) is 11.8 Å². The molecule has 0 spiro atoms. The molecule has 10 nitrogen and oxygen atoms in total. The minimum Gasteiger partial charge on any atom is -0.480 e. The molecule has 2 aromatic rings. The number of fused-ring (bicyclic) bond motifs is 1. The Balaban J connectivity index is 1.47. The minimum atomic E-state index is -1.02. The molecule has 1 aromatic carbocycles. The van der Waals surface area contributed by atoms with Gasteiger partial charge < -0.3 is 20.7 Å². The number of H-pyrrole nitrogens is 1. The smallest absolute Gasteiger partial charge is 0.329 e. The van der Waals surface area contributed by atoms with Crippen LogP contribution in [0, 0.1) is 11.8 Å². The molecule has 0 radical (unpaired) electrons. The van der Waals surface area contributed by atoms with Gasteiger partial charge in [-0.05, 0) is 62.2 Å². The lowest BCUT2D eigenvalue weighted by molar-refractivity contribution is -0.142. The molecule has 0 unspecified atom stereocenters. The fourth-order valence-corrected chi connectivity index (χ4v) is 4.68. The van der Waals surface area contributed by atoms with Crippen LogP contribution in [0.25, 0.3) is 10.9 Å². The maximum Gasteiger partial charge on any atom is 0.329 e. The van der Waals surface area contributed by atoms with Gasteiger partial charge in [-0.25, -0.2) is 9.59 Å². The molecule has 2 amide bonds. The van der Waals surface area contributed by atoms with Gasteiger partial charge in [0.05, 0.1) is 10.9 Å². The molecule has 4 N–H and O–H groups in total. The van der Waals surface area contributed by atoms with Gasteiger partial charge in [0.25, 0.3) is 5.56 Å². The summed E-state index contributed by atoms with van der Waals surface area (Å²) in [6.07, 6.45) is 4.94. The van der Waals surface area contributed by atoms with Gasteiger partial charge in [-0.2, -0.15) is 11.8 Å². The predicted octanol–water partition coefficient (Wildman–Crippen LogP) is 0.935. The second-order valence-electron chi connectivity index (χ2n) is 8.57. The van der Waals surface area contributed by atoms with E-state index in [4.69, 9.17) is 0 Å². The first kappa shape index (κ1) is 25.5. The van der Waals surface area contributed by atoms with Crippen LogP contribution in [0.3, 0.4) is 0 Å². The Morgan fingerprint density at radius 2 is 1.88 bits per heavy atom. The van der Waals surface area contributed by atoms with E-state index in [1.54, 1.807) is 24.3 Å². The Hall–Kier alpha value is -3.08. The van der Waals surface area contributed by atoms with Gasteiger partial charge in [-0.3, -0.25) is 19.0 Å². The third kappa shape index (κ3) is 6.49. The van der Waals surface area contributed by atoms with Crippen LogP contribution < -0.4 is 21.9 Å². The highest BCUT2D eigenvalue weighted by atomic mass is 32.2. The van der Waals surface area contributed by atoms with Crippen molar-refractivity contribution < 1.29 is 19.5 Å². The number of nitrogens with zero attached hydrogens (tertiary/aromatic N) is 1. The zero-order chi connectivity index (χ0) is 24.7. The first-order valence-electron chi connectivity index (χ1n) is 11.3. The first-order valence-corrected chi connectivity index (χ1v) is 12.7. The number of carbonyl (C=O) groups excluding carboxylic acids is 2. The zero-order valence-electron chi connectivity index (χ0n) is 19.0. The number of hydrogen-bond acceptors (Lipinski definition) is 6. The molecule has 1 aliphatic rings. The normalized spacial score (nSPS) is 18.9. The number of aromatic nitrogens is 2. The van der Waals surface area contributed by atoms with Gasteiger partial charge in [0.1, 0.15) is 12.6 Å². The van der Waals surface area contributed by atoms with Crippen molar-refractivity contribution in [3.05, 3.63) is 45.1 Å². The number of para-hydroxylation sites is 1. The van der Waals surface area contributed by atoms with Crippen LogP contribution >= 0.6 is 11.8 Å². The number of aliphatic carboxylic acids is 1. The Morgan fingerprint density at radius 3 is 2.56 bits per heavy atom. The van der Waals surface area contributed by atoms with Crippen LogP contribution in [0.1, 0.15) is 32.1 Å². The lowest BCUT2D eigenvalue weighted by Gasteiger charge is -2.28. The lowest BCUT2D eigenvalue weighted by atomic mass is 9.81. The van der Waals surface area contributed by atoms with Crippen molar-refractivity contribution in [1.29, 1.82) is 0 Å². The van der Waals surface area contributed by atoms with E-state index in [-0.39, 0.29) is 24.3 Å². The molecule has 1 aromatic heterocycles. The monoisotopic (exact) mass is 490 g/mol. The molecule has 0 bridgehead atoms. The second-order valence-corrected chi connectivity index (χ2v) is 9.56. The van der Waals surface area contributed by atoms with Crippen molar-refractivity contribution in [1.82, 2.24) is 20.2 Å². The van der Waals surface area contributed by atoms with Gasteiger partial charge in [-0.15, -0.1) is 0 Å². The molecule has 1 saturated carbocycles. The molecule has 1 aliphatic carbocycles. The second kappa shape index (κ2) is 11.9. The zero-order valence-corrected chi connectivity index (χ0v) is 19.9. The SMILES string of the molecule is CSCC[C@@H](NC(=O)C1CCC(CNC(=O)Cn2c(=O)[nH]c3ccccc3c2=O)CC1)C(=O)O. The van der Waals surface area contributed by atoms with Crippen LogP contribution in [0.4, 0.5) is 0 Å². The third-order valence-corrected chi connectivity index (χ3v) is 6.87. The standard InChI is InChI=1S/C23H30N4O6S/c1-34-11-10-18(22(31)32)25-20(29)15-8-6-14(7-9-15)12-24-19(28)13-27-21(30)16-4-2-3-5-17(16)26-23(27)33/h2-5,14-15,18H,6-13H2,1H3,(H,24,28)(H,25,29)(H,26,33)(H,31,32)/t14?,15?,18-/m1/s1. The highest BCUT2D eigenvalue weighted by Gasteiger charge is 2.29. The molecule has 3 rings (SSSR count). The van der Waals surface area contributed by atoms with Crippen LogP contribution in [-0.4, -0.2) is 57.0 Å². The molecule has 0 aliphatic heterocycles.